The monoisotopic (exact) mass is 335 g/mol. The van der Waals surface area contributed by atoms with Crippen LogP contribution < -0.4 is 0 Å². The first-order valence-electron chi connectivity index (χ1n) is 9.08. The number of hydrogen-bond acceptors (Lipinski definition) is 3. The summed E-state index contributed by atoms with van der Waals surface area (Å²) in [6.07, 6.45) is 2.38. The summed E-state index contributed by atoms with van der Waals surface area (Å²) in [5.74, 6) is 0.950. The third kappa shape index (κ3) is 3.40. The fourth-order valence-corrected chi connectivity index (χ4v) is 3.94. The fraction of sp³-hybridized carbons (Fsp3) is 0.381. The second-order valence-corrected chi connectivity index (χ2v) is 7.04. The first-order chi connectivity index (χ1) is 12.2. The van der Waals surface area contributed by atoms with Gasteiger partial charge in [0.25, 0.3) is 0 Å². The zero-order valence-corrected chi connectivity index (χ0v) is 15.0. The molecule has 0 saturated carbocycles. The molecule has 4 nitrogen and oxygen atoms in total. The van der Waals surface area contributed by atoms with E-state index in [2.05, 4.69) is 58.8 Å². The molecule has 0 bridgehead atoms. The van der Waals surface area contributed by atoms with Crippen molar-refractivity contribution in [3.8, 4) is 11.3 Å². The van der Waals surface area contributed by atoms with E-state index < -0.39 is 0 Å². The molecular weight excluding hydrogens is 310 g/mol. The number of benzene rings is 1. The third-order valence-corrected chi connectivity index (χ3v) is 5.26. The Balaban J connectivity index is 1.37. The van der Waals surface area contributed by atoms with Crippen molar-refractivity contribution in [3.05, 3.63) is 65.7 Å². The fourth-order valence-electron chi connectivity index (χ4n) is 3.94. The van der Waals surface area contributed by atoms with Crippen LogP contribution in [0.15, 0.2) is 53.1 Å². The van der Waals surface area contributed by atoms with E-state index in [0.717, 1.165) is 36.7 Å². The summed E-state index contributed by atoms with van der Waals surface area (Å²) >= 11 is 0. The van der Waals surface area contributed by atoms with Gasteiger partial charge in [-0.1, -0.05) is 35.5 Å². The number of aryl methyl sites for hydroxylation is 2. The van der Waals surface area contributed by atoms with Gasteiger partial charge in [-0.15, -0.1) is 0 Å². The minimum Gasteiger partial charge on any atom is -0.359 e. The highest BCUT2D eigenvalue weighted by molar-refractivity contribution is 5.58. The van der Waals surface area contributed by atoms with Crippen LogP contribution in [0, 0.1) is 13.8 Å². The molecule has 1 aliphatic heterocycles. The van der Waals surface area contributed by atoms with Gasteiger partial charge in [-0.3, -0.25) is 4.90 Å². The number of rotatable bonds is 4. The van der Waals surface area contributed by atoms with Crippen molar-refractivity contribution in [1.29, 1.82) is 0 Å². The summed E-state index contributed by atoms with van der Waals surface area (Å²) in [6, 6.07) is 17.3. The SMILES string of the molecule is Cc1ccc(C)n1C1CCN(Cc2cc(-c3ccccc3)no2)CC1. The van der Waals surface area contributed by atoms with Crippen LogP contribution in [0.3, 0.4) is 0 Å². The molecular formula is C21H25N3O. The Morgan fingerprint density at radius 1 is 1.00 bits per heavy atom. The van der Waals surface area contributed by atoms with E-state index in [9.17, 15) is 0 Å². The maximum absolute atomic E-state index is 5.56. The van der Waals surface area contributed by atoms with Gasteiger partial charge < -0.3 is 9.09 Å². The van der Waals surface area contributed by atoms with Crippen LogP contribution in [0.25, 0.3) is 11.3 Å². The Kier molecular flexibility index (Phi) is 4.45. The molecule has 2 aromatic heterocycles. The molecule has 0 unspecified atom stereocenters. The highest BCUT2D eigenvalue weighted by atomic mass is 16.5. The average Bonchev–Trinajstić information content (AvgIpc) is 3.23. The van der Waals surface area contributed by atoms with Crippen LogP contribution in [-0.4, -0.2) is 27.7 Å². The molecule has 0 atom stereocenters. The summed E-state index contributed by atoms with van der Waals surface area (Å²) < 4.78 is 8.06. The molecule has 1 aromatic carbocycles. The lowest BCUT2D eigenvalue weighted by atomic mass is 10.0. The lowest BCUT2D eigenvalue weighted by molar-refractivity contribution is 0.162. The lowest BCUT2D eigenvalue weighted by Gasteiger charge is -2.33. The van der Waals surface area contributed by atoms with Gasteiger partial charge in [-0.05, 0) is 38.8 Å². The number of aromatic nitrogens is 2. The quantitative estimate of drug-likeness (QED) is 0.699. The molecule has 3 aromatic rings. The van der Waals surface area contributed by atoms with Gasteiger partial charge in [0.2, 0.25) is 0 Å². The number of hydrogen-bond donors (Lipinski definition) is 0. The number of piperidine rings is 1. The Labute approximate surface area is 149 Å². The highest BCUT2D eigenvalue weighted by Gasteiger charge is 2.23. The van der Waals surface area contributed by atoms with E-state index in [0.29, 0.717) is 6.04 Å². The van der Waals surface area contributed by atoms with Crippen LogP contribution >= 0.6 is 0 Å². The molecule has 0 amide bonds. The van der Waals surface area contributed by atoms with Crippen molar-refractivity contribution < 1.29 is 4.52 Å². The largest absolute Gasteiger partial charge is 0.359 e. The van der Waals surface area contributed by atoms with Crippen LogP contribution in [0.4, 0.5) is 0 Å². The van der Waals surface area contributed by atoms with E-state index >= 15 is 0 Å². The minimum absolute atomic E-state index is 0.626. The van der Waals surface area contributed by atoms with Crippen molar-refractivity contribution >= 4 is 0 Å². The molecule has 1 aliphatic rings. The second kappa shape index (κ2) is 6.89. The molecule has 0 spiro atoms. The Bertz CT molecular complexity index is 806. The zero-order chi connectivity index (χ0) is 17.2. The van der Waals surface area contributed by atoms with Gasteiger partial charge in [-0.25, -0.2) is 0 Å². The normalized spacial score (nSPS) is 16.4. The van der Waals surface area contributed by atoms with Gasteiger partial charge in [-0.2, -0.15) is 0 Å². The van der Waals surface area contributed by atoms with Gasteiger partial charge in [0.1, 0.15) is 5.69 Å². The third-order valence-electron chi connectivity index (χ3n) is 5.26. The van der Waals surface area contributed by atoms with Gasteiger partial charge in [0.15, 0.2) is 5.76 Å². The standard InChI is InChI=1S/C21H25N3O/c1-16-8-9-17(2)24(16)19-10-12-23(13-11-19)15-20-14-21(22-25-20)18-6-4-3-5-7-18/h3-9,14,19H,10-13,15H2,1-2H3. The molecule has 4 heteroatoms. The maximum atomic E-state index is 5.56. The maximum Gasteiger partial charge on any atom is 0.151 e. The molecule has 0 aliphatic carbocycles. The summed E-state index contributed by atoms with van der Waals surface area (Å²) in [4.78, 5) is 2.47. The van der Waals surface area contributed by atoms with Crippen LogP contribution in [0.1, 0.15) is 36.0 Å². The summed E-state index contributed by atoms with van der Waals surface area (Å²) in [6.45, 7) is 7.46. The Hall–Kier alpha value is -2.33. The smallest absolute Gasteiger partial charge is 0.151 e. The number of likely N-dealkylation sites (tertiary alicyclic amines) is 1. The second-order valence-electron chi connectivity index (χ2n) is 7.04. The first kappa shape index (κ1) is 16.2. The van der Waals surface area contributed by atoms with E-state index in [1.807, 2.05) is 18.2 Å². The van der Waals surface area contributed by atoms with Crippen molar-refractivity contribution in [2.75, 3.05) is 13.1 Å². The molecule has 25 heavy (non-hydrogen) atoms. The van der Waals surface area contributed by atoms with E-state index in [4.69, 9.17) is 4.52 Å². The van der Waals surface area contributed by atoms with Crippen LogP contribution in [-0.2, 0) is 6.54 Å². The van der Waals surface area contributed by atoms with Gasteiger partial charge in [0, 0.05) is 42.1 Å². The predicted molar refractivity (Wildman–Crippen MR) is 99.4 cm³/mol. The molecule has 130 valence electrons. The van der Waals surface area contributed by atoms with E-state index in [-0.39, 0.29) is 0 Å². The van der Waals surface area contributed by atoms with Crippen molar-refractivity contribution in [2.45, 2.75) is 39.3 Å². The summed E-state index contributed by atoms with van der Waals surface area (Å²) in [5, 5.41) is 4.22. The molecule has 3 heterocycles. The Morgan fingerprint density at radius 2 is 1.68 bits per heavy atom. The lowest BCUT2D eigenvalue weighted by Crippen LogP contribution is -2.34. The molecule has 4 rings (SSSR count). The van der Waals surface area contributed by atoms with Gasteiger partial charge >= 0.3 is 0 Å². The zero-order valence-electron chi connectivity index (χ0n) is 15.0. The van der Waals surface area contributed by atoms with Crippen molar-refractivity contribution in [2.24, 2.45) is 0 Å². The highest BCUT2D eigenvalue weighted by Crippen LogP contribution is 2.27. The van der Waals surface area contributed by atoms with E-state index in [1.165, 1.54) is 24.2 Å². The average molecular weight is 335 g/mol. The molecule has 1 saturated heterocycles. The van der Waals surface area contributed by atoms with Gasteiger partial charge in [0.05, 0.1) is 6.54 Å². The summed E-state index contributed by atoms with van der Waals surface area (Å²) in [7, 11) is 0. The molecule has 0 N–H and O–H groups in total. The Morgan fingerprint density at radius 3 is 2.36 bits per heavy atom. The number of nitrogens with zero attached hydrogens (tertiary/aromatic N) is 3. The predicted octanol–water partition coefficient (Wildman–Crippen LogP) is 4.60. The topological polar surface area (TPSA) is 34.2 Å². The first-order valence-corrected chi connectivity index (χ1v) is 9.08. The van der Waals surface area contributed by atoms with Crippen molar-refractivity contribution in [3.63, 3.8) is 0 Å². The van der Waals surface area contributed by atoms with E-state index in [1.54, 1.807) is 0 Å². The molecule has 0 radical (unpaired) electrons. The molecule has 1 fully saturated rings. The van der Waals surface area contributed by atoms with Crippen LogP contribution in [0.5, 0.6) is 0 Å². The van der Waals surface area contributed by atoms with Crippen LogP contribution in [0.2, 0.25) is 0 Å². The summed E-state index contributed by atoms with van der Waals surface area (Å²) in [5.41, 5.74) is 4.77. The minimum atomic E-state index is 0.626. The van der Waals surface area contributed by atoms with Crippen molar-refractivity contribution in [1.82, 2.24) is 14.6 Å².